The molecule has 0 amide bonds. The maximum Gasteiger partial charge on any atom is 0.161 e. The number of benzene rings is 2. The smallest absolute Gasteiger partial charge is 0.161 e. The standard InChI is InChI=1S/C25H25ClFN5O2S/c1-3-5-19(12-28)34-15(2)24-32-22-23(29-14-30-25(22)35-24)31-18-8-9-21(20(26)11-18)33-13-16-6-4-7-17(27)10-16/h4-11,14-15H,3,12-13,28H2,1-2H3,(H,29,30,31)/b19-5-. The van der Waals surface area contributed by atoms with E-state index in [4.69, 9.17) is 31.8 Å². The number of nitrogens with zero attached hydrogens (tertiary/aromatic N) is 3. The third-order valence-corrected chi connectivity index (χ3v) is 6.42. The van der Waals surface area contributed by atoms with Gasteiger partial charge >= 0.3 is 0 Å². The van der Waals surface area contributed by atoms with E-state index in [0.29, 0.717) is 39.9 Å². The van der Waals surface area contributed by atoms with Crippen LogP contribution in [0, 0.1) is 5.82 Å². The van der Waals surface area contributed by atoms with Crippen LogP contribution in [0.4, 0.5) is 15.9 Å². The van der Waals surface area contributed by atoms with Gasteiger partial charge in [-0.15, -0.1) is 0 Å². The highest BCUT2D eigenvalue weighted by atomic mass is 35.5. The number of thiazole rings is 1. The number of anilines is 2. The Labute approximate surface area is 211 Å². The molecule has 4 rings (SSSR count). The Kier molecular flexibility index (Phi) is 8.12. The Bertz CT molecular complexity index is 1350. The molecule has 4 aromatic rings. The topological polar surface area (TPSA) is 95.2 Å². The van der Waals surface area contributed by atoms with Gasteiger partial charge in [-0.3, -0.25) is 0 Å². The monoisotopic (exact) mass is 513 g/mol. The van der Waals surface area contributed by atoms with Crippen LogP contribution >= 0.6 is 22.9 Å². The van der Waals surface area contributed by atoms with Gasteiger partial charge in [0, 0.05) is 5.69 Å². The van der Waals surface area contributed by atoms with Gasteiger partial charge in [0.05, 0.1) is 11.6 Å². The molecule has 1 atom stereocenters. The van der Waals surface area contributed by atoms with Crippen molar-refractivity contribution in [2.75, 3.05) is 11.9 Å². The summed E-state index contributed by atoms with van der Waals surface area (Å²) in [5.74, 6) is 1.47. The van der Waals surface area contributed by atoms with Crippen LogP contribution in [0.5, 0.6) is 5.75 Å². The molecule has 10 heteroatoms. The summed E-state index contributed by atoms with van der Waals surface area (Å²) < 4.78 is 25.1. The van der Waals surface area contributed by atoms with Crippen LogP contribution < -0.4 is 15.8 Å². The summed E-state index contributed by atoms with van der Waals surface area (Å²) in [4.78, 5) is 14.2. The molecule has 0 saturated carbocycles. The van der Waals surface area contributed by atoms with Gasteiger partial charge in [0.15, 0.2) is 5.82 Å². The fourth-order valence-corrected chi connectivity index (χ4v) is 4.46. The largest absolute Gasteiger partial charge is 0.487 e. The van der Waals surface area contributed by atoms with Gasteiger partial charge < -0.3 is 20.5 Å². The first-order chi connectivity index (χ1) is 17.0. The van der Waals surface area contributed by atoms with E-state index in [1.54, 1.807) is 24.3 Å². The van der Waals surface area contributed by atoms with Crippen LogP contribution in [-0.4, -0.2) is 21.5 Å². The second-order valence-corrected chi connectivity index (χ2v) is 9.08. The van der Waals surface area contributed by atoms with E-state index in [-0.39, 0.29) is 18.5 Å². The van der Waals surface area contributed by atoms with Crippen molar-refractivity contribution in [1.82, 2.24) is 15.0 Å². The fourth-order valence-electron chi connectivity index (χ4n) is 3.34. The predicted octanol–water partition coefficient (Wildman–Crippen LogP) is 6.53. The van der Waals surface area contributed by atoms with Gasteiger partial charge in [0.2, 0.25) is 0 Å². The minimum atomic E-state index is -0.309. The third kappa shape index (κ3) is 6.25. The molecule has 2 heterocycles. The summed E-state index contributed by atoms with van der Waals surface area (Å²) in [6.07, 6.45) is 4.02. The van der Waals surface area contributed by atoms with Crippen molar-refractivity contribution in [2.24, 2.45) is 5.73 Å². The average molecular weight is 514 g/mol. The Morgan fingerprint density at radius 2 is 2.11 bits per heavy atom. The van der Waals surface area contributed by atoms with Gasteiger partial charge in [0.25, 0.3) is 0 Å². The number of nitrogens with two attached hydrogens (primary N) is 1. The predicted molar refractivity (Wildman–Crippen MR) is 138 cm³/mol. The Morgan fingerprint density at radius 3 is 2.86 bits per heavy atom. The molecule has 0 fully saturated rings. The van der Waals surface area contributed by atoms with Crippen LogP contribution in [0.2, 0.25) is 5.02 Å². The minimum absolute atomic E-state index is 0.206. The number of nitrogens with one attached hydrogen (secondary N) is 1. The summed E-state index contributed by atoms with van der Waals surface area (Å²) in [6.45, 7) is 4.50. The lowest BCUT2D eigenvalue weighted by Gasteiger charge is -2.14. The zero-order valence-corrected chi connectivity index (χ0v) is 20.9. The van der Waals surface area contributed by atoms with Crippen molar-refractivity contribution in [3.8, 4) is 5.75 Å². The zero-order valence-electron chi connectivity index (χ0n) is 19.3. The molecular formula is C25H25ClFN5O2S. The van der Waals surface area contributed by atoms with Crippen LogP contribution in [0.1, 0.15) is 36.9 Å². The van der Waals surface area contributed by atoms with Crippen LogP contribution in [0.15, 0.2) is 60.6 Å². The maximum absolute atomic E-state index is 13.4. The molecule has 182 valence electrons. The molecule has 0 aliphatic carbocycles. The first kappa shape index (κ1) is 24.8. The summed E-state index contributed by atoms with van der Waals surface area (Å²) in [7, 11) is 0. The number of aromatic nitrogens is 3. The number of hydrogen-bond acceptors (Lipinski definition) is 8. The fraction of sp³-hybridized carbons (Fsp3) is 0.240. The van der Waals surface area contributed by atoms with Gasteiger partial charge in [-0.1, -0.05) is 42.0 Å². The van der Waals surface area contributed by atoms with Crippen molar-refractivity contribution in [3.63, 3.8) is 0 Å². The molecule has 0 spiro atoms. The summed E-state index contributed by atoms with van der Waals surface area (Å²) in [5.41, 5.74) is 7.84. The lowest BCUT2D eigenvalue weighted by atomic mass is 10.2. The van der Waals surface area contributed by atoms with E-state index in [1.165, 1.54) is 29.8 Å². The highest BCUT2D eigenvalue weighted by molar-refractivity contribution is 7.18. The second-order valence-electron chi connectivity index (χ2n) is 7.66. The van der Waals surface area contributed by atoms with E-state index >= 15 is 0 Å². The van der Waals surface area contributed by atoms with E-state index < -0.39 is 0 Å². The first-order valence-electron chi connectivity index (χ1n) is 11.1. The molecule has 0 aliphatic heterocycles. The Morgan fingerprint density at radius 1 is 1.26 bits per heavy atom. The number of allylic oxidation sites excluding steroid dienone is 1. The molecule has 35 heavy (non-hydrogen) atoms. The van der Waals surface area contributed by atoms with E-state index in [2.05, 4.69) is 15.3 Å². The van der Waals surface area contributed by atoms with Crippen molar-refractivity contribution in [1.29, 1.82) is 0 Å². The van der Waals surface area contributed by atoms with Crippen LogP contribution in [-0.2, 0) is 11.3 Å². The van der Waals surface area contributed by atoms with E-state index in [9.17, 15) is 4.39 Å². The minimum Gasteiger partial charge on any atom is -0.487 e. The lowest BCUT2D eigenvalue weighted by molar-refractivity contribution is 0.130. The third-order valence-electron chi connectivity index (χ3n) is 5.00. The molecule has 0 bridgehead atoms. The summed E-state index contributed by atoms with van der Waals surface area (Å²) >= 11 is 7.87. The van der Waals surface area contributed by atoms with Gasteiger partial charge in [-0.25, -0.2) is 19.3 Å². The number of ether oxygens (including phenoxy) is 2. The molecule has 0 aliphatic rings. The highest BCUT2D eigenvalue weighted by Gasteiger charge is 2.17. The molecule has 2 aromatic heterocycles. The number of rotatable bonds is 10. The normalized spacial score (nSPS) is 12.5. The Hall–Kier alpha value is -3.27. The van der Waals surface area contributed by atoms with E-state index in [1.807, 2.05) is 26.0 Å². The van der Waals surface area contributed by atoms with Crippen molar-refractivity contribution < 1.29 is 13.9 Å². The maximum atomic E-state index is 13.4. The number of halogens is 2. The quantitative estimate of drug-likeness (QED) is 0.233. The summed E-state index contributed by atoms with van der Waals surface area (Å²) in [5, 5.41) is 4.44. The molecule has 0 radical (unpaired) electrons. The first-order valence-corrected chi connectivity index (χ1v) is 12.3. The van der Waals surface area contributed by atoms with Crippen molar-refractivity contribution in [3.05, 3.63) is 82.0 Å². The number of fused-ring (bicyclic) bond motifs is 1. The molecule has 0 saturated heterocycles. The molecule has 3 N–H and O–H groups in total. The molecular weight excluding hydrogens is 489 g/mol. The van der Waals surface area contributed by atoms with Crippen LogP contribution in [0.25, 0.3) is 10.3 Å². The Balaban J connectivity index is 1.49. The van der Waals surface area contributed by atoms with Gasteiger partial charge in [-0.2, -0.15) is 0 Å². The number of hydrogen-bond donors (Lipinski definition) is 2. The molecule has 2 aromatic carbocycles. The molecule has 7 nitrogen and oxygen atoms in total. The highest BCUT2D eigenvalue weighted by Crippen LogP contribution is 2.34. The van der Waals surface area contributed by atoms with Crippen LogP contribution in [0.3, 0.4) is 0 Å². The van der Waals surface area contributed by atoms with Gasteiger partial charge in [0.1, 0.15) is 51.7 Å². The van der Waals surface area contributed by atoms with Crippen molar-refractivity contribution in [2.45, 2.75) is 33.0 Å². The SMILES string of the molecule is CC/C=C(/CN)OC(C)c1nc2c(Nc3ccc(OCc4cccc(F)c4)c(Cl)c3)ncnc2s1. The van der Waals surface area contributed by atoms with Crippen molar-refractivity contribution >= 4 is 44.8 Å². The lowest BCUT2D eigenvalue weighted by Crippen LogP contribution is -2.09. The zero-order chi connectivity index (χ0) is 24.8. The van der Waals surface area contributed by atoms with Gasteiger partial charge in [-0.05, 0) is 55.3 Å². The average Bonchev–Trinajstić information content (AvgIpc) is 3.29. The summed E-state index contributed by atoms with van der Waals surface area (Å²) in [6, 6.07) is 11.6. The van der Waals surface area contributed by atoms with E-state index in [0.717, 1.165) is 22.0 Å². The second kappa shape index (κ2) is 11.4. The molecule has 1 unspecified atom stereocenters.